The van der Waals surface area contributed by atoms with Gasteiger partial charge in [-0.3, -0.25) is 0 Å². The third kappa shape index (κ3) is 1.95. The molecule has 1 aromatic heterocycles. The van der Waals surface area contributed by atoms with Gasteiger partial charge in [0, 0.05) is 16.9 Å². The fourth-order valence-electron chi connectivity index (χ4n) is 1.12. The Morgan fingerprint density at radius 1 is 1.20 bits per heavy atom. The molecule has 0 fully saturated rings. The van der Waals surface area contributed by atoms with E-state index in [9.17, 15) is 8.42 Å². The summed E-state index contributed by atoms with van der Waals surface area (Å²) in [6, 6.07) is 6.45. The molecule has 2 rings (SSSR count). The molecule has 0 unspecified atom stereocenters. The first kappa shape index (κ1) is 10.4. The van der Waals surface area contributed by atoms with Gasteiger partial charge >= 0.3 is 0 Å². The Hall–Kier alpha value is -1.14. The highest BCUT2D eigenvalue weighted by Gasteiger charge is 2.15. The van der Waals surface area contributed by atoms with E-state index in [0.717, 1.165) is 8.45 Å². The lowest BCUT2D eigenvalue weighted by Gasteiger charge is -2.04. The Bertz CT molecular complexity index is 546. The van der Waals surface area contributed by atoms with Crippen molar-refractivity contribution >= 4 is 26.0 Å². The quantitative estimate of drug-likeness (QED) is 0.847. The van der Waals surface area contributed by atoms with Gasteiger partial charge in [0.2, 0.25) is 0 Å². The molecule has 0 aliphatic rings. The van der Waals surface area contributed by atoms with Crippen LogP contribution >= 0.6 is 15.9 Å². The Balaban J connectivity index is 2.52. The number of aromatic nitrogens is 2. The van der Waals surface area contributed by atoms with Crippen LogP contribution in [-0.2, 0) is 10.0 Å². The van der Waals surface area contributed by atoms with Crippen molar-refractivity contribution in [3.05, 3.63) is 47.5 Å². The van der Waals surface area contributed by atoms with Gasteiger partial charge in [-0.15, -0.1) is 0 Å². The first-order valence-corrected chi connectivity index (χ1v) is 6.33. The smallest absolute Gasteiger partial charge is 0.244 e. The van der Waals surface area contributed by atoms with E-state index in [4.69, 9.17) is 0 Å². The Kier molecular flexibility index (Phi) is 2.62. The maximum Gasteiger partial charge on any atom is 0.268 e. The number of hydrogen-bond donors (Lipinski definition) is 0. The topological polar surface area (TPSA) is 52.0 Å². The molecule has 78 valence electrons. The van der Waals surface area contributed by atoms with E-state index in [1.54, 1.807) is 24.3 Å². The van der Waals surface area contributed by atoms with Crippen LogP contribution in [0.4, 0.5) is 0 Å². The third-order valence-electron chi connectivity index (χ3n) is 1.87. The maximum absolute atomic E-state index is 11.9. The molecule has 2 aromatic rings. The van der Waals surface area contributed by atoms with E-state index >= 15 is 0 Å². The number of rotatable bonds is 2. The van der Waals surface area contributed by atoms with Gasteiger partial charge in [0.15, 0.2) is 0 Å². The average molecular weight is 287 g/mol. The van der Waals surface area contributed by atoms with Crippen LogP contribution in [0.15, 0.2) is 52.4 Å². The van der Waals surface area contributed by atoms with E-state index in [1.165, 1.54) is 18.7 Å². The first-order valence-electron chi connectivity index (χ1n) is 4.10. The molecule has 0 saturated heterocycles. The zero-order chi connectivity index (χ0) is 10.9. The molecule has 0 bridgehead atoms. The van der Waals surface area contributed by atoms with Gasteiger partial charge in [-0.25, -0.2) is 17.4 Å². The van der Waals surface area contributed by atoms with E-state index in [0.29, 0.717) is 0 Å². The van der Waals surface area contributed by atoms with E-state index in [1.807, 2.05) is 0 Å². The number of imidazole rings is 1. The summed E-state index contributed by atoms with van der Waals surface area (Å²) in [5, 5.41) is 0. The molecular formula is C9H7BrN2O2S. The Morgan fingerprint density at radius 2 is 1.87 bits per heavy atom. The molecule has 0 N–H and O–H groups in total. The highest BCUT2D eigenvalue weighted by Crippen LogP contribution is 2.16. The van der Waals surface area contributed by atoms with Crippen LogP contribution in [0.5, 0.6) is 0 Å². The molecule has 0 radical (unpaired) electrons. The summed E-state index contributed by atoms with van der Waals surface area (Å²) >= 11 is 3.25. The molecule has 6 heteroatoms. The zero-order valence-electron chi connectivity index (χ0n) is 7.54. The highest BCUT2D eigenvalue weighted by atomic mass is 79.9. The Morgan fingerprint density at radius 3 is 2.40 bits per heavy atom. The van der Waals surface area contributed by atoms with E-state index in [2.05, 4.69) is 20.9 Å². The summed E-state index contributed by atoms with van der Waals surface area (Å²) in [7, 11) is -3.48. The van der Waals surface area contributed by atoms with Crippen molar-refractivity contribution in [3.63, 3.8) is 0 Å². The van der Waals surface area contributed by atoms with Crippen molar-refractivity contribution in [2.45, 2.75) is 4.90 Å². The third-order valence-corrected chi connectivity index (χ3v) is 4.04. The molecule has 0 aliphatic carbocycles. The molecule has 0 saturated carbocycles. The lowest BCUT2D eigenvalue weighted by Crippen LogP contribution is -2.10. The normalized spacial score (nSPS) is 11.5. The van der Waals surface area contributed by atoms with Gasteiger partial charge in [-0.2, -0.15) is 0 Å². The molecule has 0 amide bonds. The number of benzene rings is 1. The van der Waals surface area contributed by atoms with Crippen LogP contribution in [-0.4, -0.2) is 17.4 Å². The lowest BCUT2D eigenvalue weighted by molar-refractivity contribution is 0.587. The fraction of sp³-hybridized carbons (Fsp3) is 0. The summed E-state index contributed by atoms with van der Waals surface area (Å²) in [4.78, 5) is 3.95. The second kappa shape index (κ2) is 3.79. The van der Waals surface area contributed by atoms with Crippen molar-refractivity contribution in [2.75, 3.05) is 0 Å². The van der Waals surface area contributed by atoms with Crippen molar-refractivity contribution in [1.82, 2.24) is 8.96 Å². The van der Waals surface area contributed by atoms with Gasteiger partial charge in [-0.05, 0) is 24.3 Å². The minimum atomic E-state index is -3.48. The van der Waals surface area contributed by atoms with E-state index in [-0.39, 0.29) is 4.90 Å². The van der Waals surface area contributed by atoms with Crippen molar-refractivity contribution in [2.24, 2.45) is 0 Å². The van der Waals surface area contributed by atoms with Gasteiger partial charge < -0.3 is 0 Å². The summed E-state index contributed by atoms with van der Waals surface area (Å²) in [6.45, 7) is 0. The highest BCUT2D eigenvalue weighted by molar-refractivity contribution is 9.10. The minimum Gasteiger partial charge on any atom is -0.244 e. The predicted octanol–water partition coefficient (Wildman–Crippen LogP) is 1.88. The van der Waals surface area contributed by atoms with Crippen LogP contribution < -0.4 is 0 Å². The van der Waals surface area contributed by atoms with Gasteiger partial charge in [0.05, 0.1) is 4.90 Å². The van der Waals surface area contributed by atoms with Gasteiger partial charge in [-0.1, -0.05) is 15.9 Å². The second-order valence-corrected chi connectivity index (χ2v) is 5.61. The minimum absolute atomic E-state index is 0.240. The molecule has 15 heavy (non-hydrogen) atoms. The van der Waals surface area contributed by atoms with Crippen molar-refractivity contribution in [1.29, 1.82) is 0 Å². The molecule has 1 heterocycles. The maximum atomic E-state index is 11.9. The van der Waals surface area contributed by atoms with Crippen LogP contribution in [0.1, 0.15) is 0 Å². The molecule has 4 nitrogen and oxygen atoms in total. The van der Waals surface area contributed by atoms with Crippen LogP contribution in [0, 0.1) is 0 Å². The molecule has 0 spiro atoms. The average Bonchev–Trinajstić information content (AvgIpc) is 2.71. The van der Waals surface area contributed by atoms with Crippen LogP contribution in [0.2, 0.25) is 0 Å². The summed E-state index contributed by atoms with van der Waals surface area (Å²) in [5.41, 5.74) is 0. The summed E-state index contributed by atoms with van der Waals surface area (Å²) in [5.74, 6) is 0. The number of hydrogen-bond acceptors (Lipinski definition) is 3. The van der Waals surface area contributed by atoms with Crippen molar-refractivity contribution in [3.8, 4) is 0 Å². The number of halogens is 1. The van der Waals surface area contributed by atoms with Crippen molar-refractivity contribution < 1.29 is 8.42 Å². The number of nitrogens with zero attached hydrogens (tertiary/aromatic N) is 2. The van der Waals surface area contributed by atoms with Crippen LogP contribution in [0.3, 0.4) is 0 Å². The summed E-state index contributed by atoms with van der Waals surface area (Å²) in [6.07, 6.45) is 4.09. The Labute approximate surface area is 95.8 Å². The lowest BCUT2D eigenvalue weighted by atomic mass is 10.4. The largest absolute Gasteiger partial charge is 0.268 e. The van der Waals surface area contributed by atoms with Gasteiger partial charge in [0.25, 0.3) is 10.0 Å². The molecule has 0 aliphatic heterocycles. The SMILES string of the molecule is O=S(=O)(c1ccc(Br)cc1)n1ccnc1. The first-order chi connectivity index (χ1) is 7.10. The van der Waals surface area contributed by atoms with Gasteiger partial charge in [0.1, 0.15) is 6.33 Å². The monoisotopic (exact) mass is 286 g/mol. The fourth-order valence-corrected chi connectivity index (χ4v) is 2.50. The van der Waals surface area contributed by atoms with E-state index < -0.39 is 10.0 Å². The van der Waals surface area contributed by atoms with Crippen LogP contribution in [0.25, 0.3) is 0 Å². The second-order valence-electron chi connectivity index (χ2n) is 2.85. The zero-order valence-corrected chi connectivity index (χ0v) is 9.94. The molecular weight excluding hydrogens is 280 g/mol. The summed E-state index contributed by atoms with van der Waals surface area (Å²) < 4.78 is 25.7. The predicted molar refractivity (Wildman–Crippen MR) is 59.0 cm³/mol. The molecule has 1 aromatic carbocycles. The molecule has 0 atom stereocenters. The standard InChI is InChI=1S/C9H7BrN2O2S/c10-8-1-3-9(4-2-8)15(13,14)12-6-5-11-7-12/h1-7H.